The molecule has 0 radical (unpaired) electrons. The molecule has 0 aliphatic carbocycles. The van der Waals surface area contributed by atoms with Crippen LogP contribution < -0.4 is 10.2 Å². The molecular formula is C18H23N3O2. The maximum atomic E-state index is 12.3. The molecule has 5 heteroatoms. The highest BCUT2D eigenvalue weighted by atomic mass is 16.3. The second kappa shape index (κ2) is 6.46. The minimum atomic E-state index is -0.206. The van der Waals surface area contributed by atoms with Gasteiger partial charge in [-0.1, -0.05) is 0 Å². The van der Waals surface area contributed by atoms with Crippen LogP contribution in [0.5, 0.6) is 0 Å². The van der Waals surface area contributed by atoms with Gasteiger partial charge in [0.15, 0.2) is 5.76 Å². The van der Waals surface area contributed by atoms with Gasteiger partial charge in [-0.2, -0.15) is 0 Å². The highest BCUT2D eigenvalue weighted by Crippen LogP contribution is 2.24. The summed E-state index contributed by atoms with van der Waals surface area (Å²) in [6.07, 6.45) is 1.54. The number of hydrogen-bond acceptors (Lipinski definition) is 4. The molecule has 5 nitrogen and oxygen atoms in total. The summed E-state index contributed by atoms with van der Waals surface area (Å²) in [7, 11) is 2.15. The van der Waals surface area contributed by atoms with Gasteiger partial charge in [0.05, 0.1) is 6.26 Å². The molecule has 0 atom stereocenters. The summed E-state index contributed by atoms with van der Waals surface area (Å²) in [5, 5.41) is 2.93. The molecule has 0 bridgehead atoms. The van der Waals surface area contributed by atoms with Gasteiger partial charge in [0.25, 0.3) is 5.91 Å². The highest BCUT2D eigenvalue weighted by molar-refractivity contribution is 6.03. The Labute approximate surface area is 136 Å². The normalized spacial score (nSPS) is 15.7. The molecule has 1 fully saturated rings. The topological polar surface area (TPSA) is 48.7 Å². The number of amides is 1. The van der Waals surface area contributed by atoms with E-state index >= 15 is 0 Å². The first-order chi connectivity index (χ1) is 11.0. The molecule has 1 aliphatic rings. The Kier molecular flexibility index (Phi) is 4.39. The van der Waals surface area contributed by atoms with Gasteiger partial charge in [-0.3, -0.25) is 4.79 Å². The highest BCUT2D eigenvalue weighted by Gasteiger charge is 2.17. The van der Waals surface area contributed by atoms with Crippen molar-refractivity contribution in [1.29, 1.82) is 0 Å². The van der Waals surface area contributed by atoms with Crippen LogP contribution in [0.15, 0.2) is 34.9 Å². The maximum Gasteiger partial charge on any atom is 0.291 e. The van der Waals surface area contributed by atoms with Gasteiger partial charge in [0, 0.05) is 43.1 Å². The number of nitrogens with one attached hydrogen (secondary N) is 1. The molecule has 1 amide bonds. The van der Waals surface area contributed by atoms with Crippen molar-refractivity contribution in [3.05, 3.63) is 47.4 Å². The Bertz CT molecular complexity index is 700. The smallest absolute Gasteiger partial charge is 0.291 e. The van der Waals surface area contributed by atoms with Crippen molar-refractivity contribution < 1.29 is 9.21 Å². The van der Waals surface area contributed by atoms with E-state index in [0.717, 1.165) is 43.0 Å². The Morgan fingerprint density at radius 3 is 2.43 bits per heavy atom. The van der Waals surface area contributed by atoms with Crippen molar-refractivity contribution in [2.45, 2.75) is 13.8 Å². The lowest BCUT2D eigenvalue weighted by atomic mass is 10.1. The summed E-state index contributed by atoms with van der Waals surface area (Å²) in [4.78, 5) is 17.0. The molecule has 2 heterocycles. The van der Waals surface area contributed by atoms with E-state index in [2.05, 4.69) is 34.3 Å². The standard InChI is InChI=1S/C18H23N3O2/c1-13-6-11-23-17(13)18(22)19-16-5-4-15(12-14(16)2)21-9-7-20(3)8-10-21/h4-6,11-12H,7-10H2,1-3H3,(H,19,22). The number of nitrogens with zero attached hydrogens (tertiary/aromatic N) is 2. The van der Waals surface area contributed by atoms with Gasteiger partial charge in [0.1, 0.15) is 0 Å². The zero-order chi connectivity index (χ0) is 16.4. The number of hydrogen-bond donors (Lipinski definition) is 1. The third-order valence-corrected chi connectivity index (χ3v) is 4.39. The number of rotatable bonds is 3. The molecule has 1 aromatic carbocycles. The van der Waals surface area contributed by atoms with Crippen molar-refractivity contribution in [3.8, 4) is 0 Å². The van der Waals surface area contributed by atoms with E-state index in [0.29, 0.717) is 5.76 Å². The molecule has 0 saturated carbocycles. The van der Waals surface area contributed by atoms with Crippen molar-refractivity contribution in [3.63, 3.8) is 0 Å². The maximum absolute atomic E-state index is 12.3. The van der Waals surface area contributed by atoms with Crippen molar-refractivity contribution in [2.24, 2.45) is 0 Å². The van der Waals surface area contributed by atoms with E-state index in [-0.39, 0.29) is 5.91 Å². The Morgan fingerprint density at radius 1 is 1.09 bits per heavy atom. The van der Waals surface area contributed by atoms with Crippen LogP contribution in [0.25, 0.3) is 0 Å². The number of anilines is 2. The zero-order valence-electron chi connectivity index (χ0n) is 13.9. The van der Waals surface area contributed by atoms with Crippen LogP contribution in [-0.2, 0) is 0 Å². The lowest BCUT2D eigenvalue weighted by Crippen LogP contribution is -2.44. The Hall–Kier alpha value is -2.27. The molecule has 23 heavy (non-hydrogen) atoms. The van der Waals surface area contributed by atoms with Crippen LogP contribution >= 0.6 is 0 Å². The lowest BCUT2D eigenvalue weighted by molar-refractivity contribution is 0.0996. The summed E-state index contributed by atoms with van der Waals surface area (Å²) in [6, 6.07) is 7.97. The number of carbonyl (C=O) groups is 1. The molecule has 1 saturated heterocycles. The van der Waals surface area contributed by atoms with E-state index in [1.165, 1.54) is 12.0 Å². The fraction of sp³-hybridized carbons (Fsp3) is 0.389. The average Bonchev–Trinajstić information content (AvgIpc) is 2.96. The molecule has 1 aromatic heterocycles. The van der Waals surface area contributed by atoms with Crippen LogP contribution in [0.1, 0.15) is 21.7 Å². The van der Waals surface area contributed by atoms with Gasteiger partial charge in [-0.15, -0.1) is 0 Å². The van der Waals surface area contributed by atoms with E-state index in [4.69, 9.17) is 4.42 Å². The fourth-order valence-corrected chi connectivity index (χ4v) is 2.83. The second-order valence-electron chi connectivity index (χ2n) is 6.18. The molecule has 0 unspecified atom stereocenters. The van der Waals surface area contributed by atoms with Crippen molar-refractivity contribution >= 4 is 17.3 Å². The summed E-state index contributed by atoms with van der Waals surface area (Å²) in [5.41, 5.74) is 3.93. The predicted molar refractivity (Wildman–Crippen MR) is 92.3 cm³/mol. The van der Waals surface area contributed by atoms with E-state index < -0.39 is 0 Å². The number of furan rings is 1. The number of aryl methyl sites for hydroxylation is 2. The van der Waals surface area contributed by atoms with Gasteiger partial charge in [-0.05, 0) is 50.7 Å². The summed E-state index contributed by atoms with van der Waals surface area (Å²) < 4.78 is 5.24. The van der Waals surface area contributed by atoms with Crippen molar-refractivity contribution in [2.75, 3.05) is 43.4 Å². The summed E-state index contributed by atoms with van der Waals surface area (Å²) >= 11 is 0. The van der Waals surface area contributed by atoms with Gasteiger partial charge < -0.3 is 19.5 Å². The molecule has 0 spiro atoms. The number of benzene rings is 1. The third-order valence-electron chi connectivity index (χ3n) is 4.39. The minimum Gasteiger partial charge on any atom is -0.459 e. The van der Waals surface area contributed by atoms with Crippen LogP contribution in [0.3, 0.4) is 0 Å². The first kappa shape index (κ1) is 15.6. The lowest BCUT2D eigenvalue weighted by Gasteiger charge is -2.34. The zero-order valence-corrected chi connectivity index (χ0v) is 13.9. The van der Waals surface area contributed by atoms with Gasteiger partial charge >= 0.3 is 0 Å². The van der Waals surface area contributed by atoms with Crippen LogP contribution in [0.4, 0.5) is 11.4 Å². The minimum absolute atomic E-state index is 0.206. The largest absolute Gasteiger partial charge is 0.459 e. The molecule has 1 N–H and O–H groups in total. The fourth-order valence-electron chi connectivity index (χ4n) is 2.83. The van der Waals surface area contributed by atoms with Gasteiger partial charge in [0.2, 0.25) is 0 Å². The average molecular weight is 313 g/mol. The predicted octanol–water partition coefficient (Wildman–Crippen LogP) is 2.90. The first-order valence-corrected chi connectivity index (χ1v) is 7.94. The second-order valence-corrected chi connectivity index (χ2v) is 6.18. The first-order valence-electron chi connectivity index (χ1n) is 7.94. The molecule has 1 aliphatic heterocycles. The molecular weight excluding hydrogens is 290 g/mol. The summed E-state index contributed by atoms with van der Waals surface area (Å²) in [5.74, 6) is 0.162. The van der Waals surface area contributed by atoms with E-state index in [9.17, 15) is 4.79 Å². The third kappa shape index (κ3) is 3.40. The SMILES string of the molecule is Cc1cc(N2CCN(C)CC2)ccc1NC(=O)c1occc1C. The van der Waals surface area contributed by atoms with Crippen molar-refractivity contribution in [1.82, 2.24) is 4.90 Å². The monoisotopic (exact) mass is 313 g/mol. The Morgan fingerprint density at radius 2 is 1.83 bits per heavy atom. The molecule has 3 rings (SSSR count). The quantitative estimate of drug-likeness (QED) is 0.946. The Balaban J connectivity index is 1.72. The summed E-state index contributed by atoms with van der Waals surface area (Å²) in [6.45, 7) is 8.11. The number of carbonyl (C=O) groups excluding carboxylic acids is 1. The van der Waals surface area contributed by atoms with Gasteiger partial charge in [-0.25, -0.2) is 0 Å². The van der Waals surface area contributed by atoms with Crippen LogP contribution in [0.2, 0.25) is 0 Å². The van der Waals surface area contributed by atoms with Crippen LogP contribution in [-0.4, -0.2) is 44.0 Å². The van der Waals surface area contributed by atoms with Crippen LogP contribution in [0, 0.1) is 13.8 Å². The number of likely N-dealkylation sites (N-methyl/N-ethyl adjacent to an activating group) is 1. The van der Waals surface area contributed by atoms with E-state index in [1.807, 2.05) is 19.9 Å². The molecule has 122 valence electrons. The molecule has 2 aromatic rings. The van der Waals surface area contributed by atoms with E-state index in [1.54, 1.807) is 6.07 Å². The number of piperazine rings is 1.